The van der Waals surface area contributed by atoms with Crippen LogP contribution in [0.4, 0.5) is 5.69 Å². The molecule has 0 aliphatic carbocycles. The normalized spacial score (nSPS) is 12.1. The standard InChI is InChI=1S/C17H18ClNO7S2/c1-4-14(24-11(3)20)16(21)25-26-17-13(8-9-27-17)19-28(22,23)15-7-5-6-12(18)10(15)2/h5-9,14,19H,4H2,1-3H3. The smallest absolute Gasteiger partial charge is 0.395 e. The number of sulfonamides is 1. The highest BCUT2D eigenvalue weighted by atomic mass is 35.5. The molecule has 0 amide bonds. The molecule has 11 heteroatoms. The van der Waals surface area contributed by atoms with Crippen LogP contribution in [-0.2, 0) is 29.2 Å². The minimum atomic E-state index is -3.95. The maximum Gasteiger partial charge on any atom is 0.395 e. The predicted molar refractivity (Wildman–Crippen MR) is 104 cm³/mol. The predicted octanol–water partition coefficient (Wildman–Crippen LogP) is 3.69. The molecule has 0 fully saturated rings. The van der Waals surface area contributed by atoms with Gasteiger partial charge in [0.05, 0.1) is 4.90 Å². The molecule has 1 N–H and O–H groups in total. The Morgan fingerprint density at radius 1 is 1.29 bits per heavy atom. The average Bonchev–Trinajstić information content (AvgIpc) is 3.05. The third-order valence-corrected chi connectivity index (χ3v) is 6.22. The van der Waals surface area contributed by atoms with E-state index < -0.39 is 28.1 Å². The molecule has 0 aliphatic rings. The number of carbonyl (C=O) groups is 2. The Bertz CT molecular complexity index is 972. The van der Waals surface area contributed by atoms with Crippen molar-refractivity contribution in [1.29, 1.82) is 0 Å². The van der Waals surface area contributed by atoms with Crippen molar-refractivity contribution >= 4 is 50.6 Å². The molecule has 1 aromatic carbocycles. The van der Waals surface area contributed by atoms with Crippen LogP contribution < -0.4 is 9.61 Å². The van der Waals surface area contributed by atoms with Crippen LogP contribution in [0.25, 0.3) is 0 Å². The van der Waals surface area contributed by atoms with Crippen LogP contribution in [0.1, 0.15) is 25.8 Å². The third-order valence-electron chi connectivity index (χ3n) is 3.52. The molecule has 0 spiro atoms. The summed E-state index contributed by atoms with van der Waals surface area (Å²) in [7, 11) is -3.95. The zero-order chi connectivity index (χ0) is 20.9. The Hall–Kier alpha value is -2.30. The highest BCUT2D eigenvalue weighted by molar-refractivity contribution is 7.92. The number of esters is 1. The summed E-state index contributed by atoms with van der Waals surface area (Å²) in [6.07, 6.45) is -0.925. The first kappa shape index (κ1) is 22.0. The molecule has 0 aliphatic heterocycles. The lowest BCUT2D eigenvalue weighted by Crippen LogP contribution is -2.28. The number of benzene rings is 1. The van der Waals surface area contributed by atoms with Gasteiger partial charge in [-0.15, -0.1) is 11.3 Å². The van der Waals surface area contributed by atoms with Crippen LogP contribution in [0.5, 0.6) is 5.06 Å². The number of hydrogen-bond acceptors (Lipinski definition) is 8. The summed E-state index contributed by atoms with van der Waals surface area (Å²) in [4.78, 5) is 32.6. The van der Waals surface area contributed by atoms with E-state index in [4.69, 9.17) is 21.2 Å². The first-order chi connectivity index (χ1) is 13.2. The zero-order valence-electron chi connectivity index (χ0n) is 15.2. The van der Waals surface area contributed by atoms with Crippen LogP contribution in [0.3, 0.4) is 0 Å². The summed E-state index contributed by atoms with van der Waals surface area (Å²) in [6, 6.07) is 5.98. The second-order valence-corrected chi connectivity index (χ2v) is 8.52. The van der Waals surface area contributed by atoms with E-state index in [0.717, 1.165) is 11.3 Å². The van der Waals surface area contributed by atoms with Gasteiger partial charge in [0, 0.05) is 11.9 Å². The SMILES string of the molecule is CCC(OC(C)=O)C(=O)OOc1sccc1NS(=O)(=O)c1cccc(Cl)c1C. The number of thiophene rings is 1. The van der Waals surface area contributed by atoms with Crippen LogP contribution >= 0.6 is 22.9 Å². The van der Waals surface area contributed by atoms with Gasteiger partial charge in [-0.25, -0.2) is 18.1 Å². The fourth-order valence-electron chi connectivity index (χ4n) is 2.15. The average molecular weight is 448 g/mol. The Balaban J connectivity index is 2.12. The molecule has 2 rings (SSSR count). The van der Waals surface area contributed by atoms with Gasteiger partial charge in [0.25, 0.3) is 15.1 Å². The van der Waals surface area contributed by atoms with Gasteiger partial charge in [0.15, 0.2) is 0 Å². The van der Waals surface area contributed by atoms with E-state index in [0.29, 0.717) is 10.6 Å². The molecule has 1 unspecified atom stereocenters. The van der Waals surface area contributed by atoms with Crippen molar-refractivity contribution in [2.75, 3.05) is 4.72 Å². The van der Waals surface area contributed by atoms with Gasteiger partial charge in [-0.1, -0.05) is 24.6 Å². The molecule has 0 bridgehead atoms. The number of hydrogen-bond donors (Lipinski definition) is 1. The van der Waals surface area contributed by atoms with Gasteiger partial charge in [0.2, 0.25) is 6.10 Å². The fourth-order valence-corrected chi connectivity index (χ4v) is 4.42. The molecule has 0 saturated carbocycles. The lowest BCUT2D eigenvalue weighted by Gasteiger charge is -2.14. The second-order valence-electron chi connectivity index (χ2n) is 5.58. The first-order valence-electron chi connectivity index (χ1n) is 8.06. The van der Waals surface area contributed by atoms with Crippen molar-refractivity contribution in [3.8, 4) is 5.06 Å². The second kappa shape index (κ2) is 9.26. The van der Waals surface area contributed by atoms with Crippen molar-refractivity contribution in [2.24, 2.45) is 0 Å². The van der Waals surface area contributed by atoms with E-state index >= 15 is 0 Å². The van der Waals surface area contributed by atoms with Gasteiger partial charge in [-0.3, -0.25) is 14.4 Å². The number of rotatable bonds is 8. The molecule has 0 saturated heterocycles. The number of anilines is 1. The third kappa shape index (κ3) is 5.37. The summed E-state index contributed by atoms with van der Waals surface area (Å²) in [5, 5.41) is 1.87. The number of nitrogens with one attached hydrogen (secondary N) is 1. The molecule has 8 nitrogen and oxygen atoms in total. The Kier molecular flexibility index (Phi) is 7.28. The summed E-state index contributed by atoms with van der Waals surface area (Å²) in [5.41, 5.74) is 0.477. The van der Waals surface area contributed by atoms with Crippen LogP contribution in [0.15, 0.2) is 34.5 Å². The Morgan fingerprint density at radius 2 is 2.00 bits per heavy atom. The summed E-state index contributed by atoms with van der Waals surface area (Å²) in [5.74, 6) is -1.55. The van der Waals surface area contributed by atoms with Gasteiger partial charge in [-0.2, -0.15) is 0 Å². The molecule has 152 valence electrons. The molecule has 2 aromatic rings. The van der Waals surface area contributed by atoms with Crippen molar-refractivity contribution < 1.29 is 32.5 Å². The van der Waals surface area contributed by atoms with Crippen LogP contribution in [0.2, 0.25) is 5.02 Å². The summed E-state index contributed by atoms with van der Waals surface area (Å²) < 4.78 is 32.5. The van der Waals surface area contributed by atoms with E-state index in [1.54, 1.807) is 25.3 Å². The van der Waals surface area contributed by atoms with Crippen molar-refractivity contribution in [1.82, 2.24) is 0 Å². The van der Waals surface area contributed by atoms with Gasteiger partial charge >= 0.3 is 11.9 Å². The molecule has 1 atom stereocenters. The molecule has 28 heavy (non-hydrogen) atoms. The Labute approximate surface area is 171 Å². The van der Waals surface area contributed by atoms with E-state index in [9.17, 15) is 18.0 Å². The molecular formula is C17H18ClNO7S2. The first-order valence-corrected chi connectivity index (χ1v) is 10.8. The maximum atomic E-state index is 12.7. The summed E-state index contributed by atoms with van der Waals surface area (Å²) >= 11 is 7.00. The van der Waals surface area contributed by atoms with Gasteiger partial charge < -0.3 is 4.74 Å². The quantitative estimate of drug-likeness (QED) is 0.373. The van der Waals surface area contributed by atoms with Crippen molar-refractivity contribution in [3.05, 3.63) is 40.2 Å². The van der Waals surface area contributed by atoms with E-state index in [2.05, 4.69) is 9.61 Å². The zero-order valence-corrected chi connectivity index (χ0v) is 17.6. The lowest BCUT2D eigenvalue weighted by molar-refractivity contribution is -0.223. The van der Waals surface area contributed by atoms with Crippen LogP contribution in [-0.4, -0.2) is 26.5 Å². The van der Waals surface area contributed by atoms with E-state index in [1.807, 2.05) is 0 Å². The minimum Gasteiger partial charge on any atom is -0.450 e. The number of ether oxygens (including phenoxy) is 1. The minimum absolute atomic E-state index is 0.00860. The Morgan fingerprint density at radius 3 is 2.64 bits per heavy atom. The fraction of sp³-hybridized carbons (Fsp3) is 0.294. The molecule has 1 aromatic heterocycles. The number of carbonyl (C=O) groups excluding carboxylic acids is 2. The van der Waals surface area contributed by atoms with E-state index in [-0.39, 0.29) is 22.1 Å². The lowest BCUT2D eigenvalue weighted by atomic mass is 10.2. The van der Waals surface area contributed by atoms with E-state index in [1.165, 1.54) is 25.1 Å². The van der Waals surface area contributed by atoms with Gasteiger partial charge in [-0.05, 0) is 42.5 Å². The molecule has 0 radical (unpaired) electrons. The summed E-state index contributed by atoms with van der Waals surface area (Å²) in [6.45, 7) is 4.39. The van der Waals surface area contributed by atoms with Crippen LogP contribution in [0, 0.1) is 6.92 Å². The largest absolute Gasteiger partial charge is 0.450 e. The molecular weight excluding hydrogens is 430 g/mol. The van der Waals surface area contributed by atoms with Crippen molar-refractivity contribution in [2.45, 2.75) is 38.2 Å². The maximum absolute atomic E-state index is 12.7. The topological polar surface area (TPSA) is 108 Å². The highest BCUT2D eigenvalue weighted by Gasteiger charge is 2.25. The molecule has 1 heterocycles. The number of halogens is 1. The highest BCUT2D eigenvalue weighted by Crippen LogP contribution is 2.34. The van der Waals surface area contributed by atoms with Gasteiger partial charge in [0.1, 0.15) is 5.69 Å². The van der Waals surface area contributed by atoms with Crippen molar-refractivity contribution in [3.63, 3.8) is 0 Å². The monoisotopic (exact) mass is 447 g/mol.